The van der Waals surface area contributed by atoms with E-state index in [1.54, 1.807) is 13.0 Å². The number of nitrogens with zero attached hydrogens (tertiary/aromatic N) is 1. The number of carboxylic acid groups (broad SMARTS) is 1. The van der Waals surface area contributed by atoms with Crippen molar-refractivity contribution in [3.63, 3.8) is 0 Å². The van der Waals surface area contributed by atoms with Crippen LogP contribution in [0.3, 0.4) is 0 Å². The van der Waals surface area contributed by atoms with Crippen molar-refractivity contribution in [1.29, 1.82) is 0 Å². The third-order valence-electron chi connectivity index (χ3n) is 3.49. The van der Waals surface area contributed by atoms with E-state index in [-0.39, 0.29) is 5.57 Å². The smallest absolute Gasteiger partial charge is 0.331 e. The first-order valence-corrected chi connectivity index (χ1v) is 6.95. The summed E-state index contributed by atoms with van der Waals surface area (Å²) in [6.45, 7) is 8.43. The molecular weight excluding hydrogens is 274 g/mol. The summed E-state index contributed by atoms with van der Waals surface area (Å²) < 4.78 is 2.01. The molecule has 2 aromatic rings. The highest BCUT2D eigenvalue weighted by Gasteiger charge is 2.16. The molecule has 0 saturated heterocycles. The van der Waals surface area contributed by atoms with Crippen LogP contribution in [-0.4, -0.2) is 15.6 Å². The molecule has 0 aliphatic carbocycles. The Morgan fingerprint density at radius 3 is 2.60 bits per heavy atom. The van der Waals surface area contributed by atoms with Gasteiger partial charge in [0.15, 0.2) is 0 Å². The molecule has 0 atom stereocenters. The minimum absolute atomic E-state index is 0.280. The number of fused-ring (bicyclic) bond motifs is 1. The van der Waals surface area contributed by atoms with Gasteiger partial charge in [0.25, 0.3) is 0 Å². The molecule has 0 spiro atoms. The van der Waals surface area contributed by atoms with Crippen LogP contribution in [0, 0.1) is 13.8 Å². The first-order valence-electron chi connectivity index (χ1n) is 6.57. The average molecular weight is 292 g/mol. The summed E-state index contributed by atoms with van der Waals surface area (Å²) >= 11 is 6.45. The molecule has 0 saturated carbocycles. The van der Waals surface area contributed by atoms with Gasteiger partial charge in [-0.1, -0.05) is 17.7 Å². The second kappa shape index (κ2) is 5.33. The number of hydrogen-bond acceptors (Lipinski definition) is 1. The van der Waals surface area contributed by atoms with Crippen molar-refractivity contribution in [2.24, 2.45) is 0 Å². The third kappa shape index (κ3) is 2.34. The van der Waals surface area contributed by atoms with Gasteiger partial charge in [-0.05, 0) is 51.0 Å². The minimum Gasteiger partial charge on any atom is -0.478 e. The maximum atomic E-state index is 11.0. The standard InChI is InChI=1S/C16H18ClNO2/c1-5-18-13-7-9(2)6-10(3)14(13)12(15(18)17)8-11(4)16(19)20/h6-8H,5H2,1-4H3,(H,19,20)/b11-8+. The number of rotatable bonds is 3. The van der Waals surface area contributed by atoms with E-state index >= 15 is 0 Å². The summed E-state index contributed by atoms with van der Waals surface area (Å²) in [5.74, 6) is -0.928. The van der Waals surface area contributed by atoms with Crippen LogP contribution in [0.2, 0.25) is 5.15 Å². The maximum absolute atomic E-state index is 11.0. The van der Waals surface area contributed by atoms with E-state index in [4.69, 9.17) is 16.7 Å². The van der Waals surface area contributed by atoms with E-state index < -0.39 is 5.97 Å². The lowest BCUT2D eigenvalue weighted by molar-refractivity contribution is -0.132. The predicted molar refractivity (Wildman–Crippen MR) is 83.4 cm³/mol. The fraction of sp³-hybridized carbons (Fsp3) is 0.312. The van der Waals surface area contributed by atoms with Crippen LogP contribution in [0.5, 0.6) is 0 Å². The van der Waals surface area contributed by atoms with Gasteiger partial charge in [0.05, 0.1) is 5.52 Å². The van der Waals surface area contributed by atoms with E-state index in [0.29, 0.717) is 5.15 Å². The number of aryl methyl sites for hydroxylation is 3. The Kier molecular flexibility index (Phi) is 3.91. The Morgan fingerprint density at radius 1 is 1.40 bits per heavy atom. The molecule has 106 valence electrons. The van der Waals surface area contributed by atoms with Crippen molar-refractivity contribution in [3.05, 3.63) is 39.5 Å². The van der Waals surface area contributed by atoms with Gasteiger partial charge in [0, 0.05) is 23.1 Å². The van der Waals surface area contributed by atoms with Crippen LogP contribution in [0.25, 0.3) is 17.0 Å². The van der Waals surface area contributed by atoms with Gasteiger partial charge in [-0.15, -0.1) is 0 Å². The lowest BCUT2D eigenvalue weighted by atomic mass is 10.0. The van der Waals surface area contributed by atoms with E-state index in [1.807, 2.05) is 25.3 Å². The summed E-state index contributed by atoms with van der Waals surface area (Å²) in [5.41, 5.74) is 4.41. The number of aliphatic carboxylic acids is 1. The molecule has 3 nitrogen and oxygen atoms in total. The Hall–Kier alpha value is -1.74. The highest BCUT2D eigenvalue weighted by atomic mass is 35.5. The van der Waals surface area contributed by atoms with Crippen LogP contribution in [0.15, 0.2) is 17.7 Å². The molecule has 1 aromatic heterocycles. The Labute approximate surface area is 123 Å². The fourth-order valence-electron chi connectivity index (χ4n) is 2.58. The van der Waals surface area contributed by atoms with Crippen LogP contribution < -0.4 is 0 Å². The summed E-state index contributed by atoms with van der Waals surface area (Å²) in [6.07, 6.45) is 1.65. The van der Waals surface area contributed by atoms with Gasteiger partial charge >= 0.3 is 5.97 Å². The van der Waals surface area contributed by atoms with Crippen LogP contribution in [-0.2, 0) is 11.3 Å². The van der Waals surface area contributed by atoms with E-state index in [2.05, 4.69) is 12.1 Å². The number of carbonyl (C=O) groups is 1. The lowest BCUT2D eigenvalue weighted by Crippen LogP contribution is -1.96. The third-order valence-corrected chi connectivity index (χ3v) is 3.90. The second-order valence-corrected chi connectivity index (χ2v) is 5.42. The van der Waals surface area contributed by atoms with Crippen molar-refractivity contribution in [2.45, 2.75) is 34.2 Å². The summed E-state index contributed by atoms with van der Waals surface area (Å²) in [7, 11) is 0. The zero-order valence-electron chi connectivity index (χ0n) is 12.1. The number of benzene rings is 1. The SMILES string of the molecule is CCn1c(Cl)c(/C=C(\C)C(=O)O)c2c(C)cc(C)cc21. The molecule has 0 amide bonds. The summed E-state index contributed by atoms with van der Waals surface area (Å²) in [5, 5.41) is 10.7. The lowest BCUT2D eigenvalue weighted by Gasteiger charge is -2.04. The van der Waals surface area contributed by atoms with Gasteiger partial charge in [-0.3, -0.25) is 0 Å². The highest BCUT2D eigenvalue weighted by molar-refractivity contribution is 6.33. The van der Waals surface area contributed by atoms with Gasteiger partial charge in [-0.25, -0.2) is 4.79 Å². The van der Waals surface area contributed by atoms with Crippen molar-refractivity contribution in [1.82, 2.24) is 4.57 Å². The van der Waals surface area contributed by atoms with E-state index in [1.165, 1.54) is 5.56 Å². The average Bonchev–Trinajstić information content (AvgIpc) is 2.61. The summed E-state index contributed by atoms with van der Waals surface area (Å²) in [4.78, 5) is 11.0. The normalized spacial score (nSPS) is 12.2. The molecule has 1 N–H and O–H groups in total. The zero-order valence-corrected chi connectivity index (χ0v) is 12.9. The number of hydrogen-bond donors (Lipinski definition) is 1. The largest absolute Gasteiger partial charge is 0.478 e. The first kappa shape index (κ1) is 14.7. The second-order valence-electron chi connectivity index (χ2n) is 5.06. The quantitative estimate of drug-likeness (QED) is 0.851. The number of carboxylic acids is 1. The predicted octanol–water partition coefficient (Wildman–Crippen LogP) is 4.42. The molecule has 1 heterocycles. The van der Waals surface area contributed by atoms with E-state index in [0.717, 1.165) is 28.6 Å². The molecule has 4 heteroatoms. The Balaban J connectivity index is 2.88. The highest BCUT2D eigenvalue weighted by Crippen LogP contribution is 2.34. The number of aromatic nitrogens is 1. The zero-order chi connectivity index (χ0) is 15.0. The molecule has 0 aliphatic rings. The monoisotopic (exact) mass is 291 g/mol. The van der Waals surface area contributed by atoms with Crippen molar-refractivity contribution in [3.8, 4) is 0 Å². The molecular formula is C16H18ClNO2. The van der Waals surface area contributed by atoms with Gasteiger partial charge in [-0.2, -0.15) is 0 Å². The molecule has 20 heavy (non-hydrogen) atoms. The van der Waals surface area contributed by atoms with E-state index in [9.17, 15) is 4.79 Å². The van der Waals surface area contributed by atoms with Gasteiger partial charge < -0.3 is 9.67 Å². The molecule has 2 rings (SSSR count). The topological polar surface area (TPSA) is 42.2 Å². The summed E-state index contributed by atoms with van der Waals surface area (Å²) in [6, 6.07) is 4.18. The number of halogens is 1. The molecule has 1 aromatic carbocycles. The minimum atomic E-state index is -0.928. The Bertz CT molecular complexity index is 726. The fourth-order valence-corrected chi connectivity index (χ4v) is 2.94. The Morgan fingerprint density at radius 2 is 2.05 bits per heavy atom. The van der Waals surface area contributed by atoms with Crippen LogP contribution in [0.1, 0.15) is 30.5 Å². The van der Waals surface area contributed by atoms with Gasteiger partial charge in [0.1, 0.15) is 5.15 Å². The molecule has 0 fully saturated rings. The first-order chi connectivity index (χ1) is 9.36. The van der Waals surface area contributed by atoms with Crippen molar-refractivity contribution < 1.29 is 9.90 Å². The van der Waals surface area contributed by atoms with Crippen LogP contribution in [0.4, 0.5) is 0 Å². The van der Waals surface area contributed by atoms with Crippen LogP contribution >= 0.6 is 11.6 Å². The molecule has 0 bridgehead atoms. The van der Waals surface area contributed by atoms with Crippen molar-refractivity contribution in [2.75, 3.05) is 0 Å². The molecule has 0 unspecified atom stereocenters. The maximum Gasteiger partial charge on any atom is 0.331 e. The van der Waals surface area contributed by atoms with Gasteiger partial charge in [0.2, 0.25) is 0 Å². The molecule has 0 radical (unpaired) electrons. The molecule has 0 aliphatic heterocycles. The van der Waals surface area contributed by atoms with Crippen molar-refractivity contribution >= 4 is 34.5 Å².